The number of aromatic nitrogens is 1. The number of fused-ring (bicyclic) bond motifs is 3. The quantitative estimate of drug-likeness (QED) is 0.220. The van der Waals surface area contributed by atoms with E-state index in [1.54, 1.807) is 12.7 Å². The highest BCUT2D eigenvalue weighted by Crippen LogP contribution is 2.40. The molecule has 2 heterocycles. The fraction of sp³-hybridized carbons (Fsp3) is 0.0857. The number of hydrogen-bond donors (Lipinski definition) is 1. The van der Waals surface area contributed by atoms with E-state index in [1.807, 2.05) is 13.8 Å². The summed E-state index contributed by atoms with van der Waals surface area (Å²) in [5.74, 6) is 0. The zero-order chi connectivity index (χ0) is 27.5. The molecule has 7 rings (SSSR count). The summed E-state index contributed by atoms with van der Waals surface area (Å²) >= 11 is 3.76. The molecule has 1 aliphatic rings. The number of para-hydroxylation sites is 1. The number of nitrogens with one attached hydrogen (secondary N) is 1. The van der Waals surface area contributed by atoms with Crippen LogP contribution in [0.1, 0.15) is 25.6 Å². The smallest absolute Gasteiger partial charge is 0.168 e. The van der Waals surface area contributed by atoms with Crippen LogP contribution in [0.4, 0.5) is 0 Å². The fourth-order valence-corrected chi connectivity index (χ4v) is 5.84. The van der Waals surface area contributed by atoms with Crippen LogP contribution in [-0.4, -0.2) is 17.2 Å². The second kappa shape index (κ2) is 11.3. The summed E-state index contributed by atoms with van der Waals surface area (Å²) in [6, 6.07) is 40.9. The number of rotatable bonds is 4. The van der Waals surface area contributed by atoms with E-state index in [2.05, 4.69) is 151 Å². The third-order valence-corrected chi connectivity index (χ3v) is 7.78. The van der Waals surface area contributed by atoms with Gasteiger partial charge >= 0.3 is 0 Å². The lowest BCUT2D eigenvalue weighted by molar-refractivity contribution is 0.770. The molecule has 1 aromatic heterocycles. The number of hydrogen-bond acceptors (Lipinski definition) is 3. The van der Waals surface area contributed by atoms with Gasteiger partial charge < -0.3 is 9.88 Å². The largest absolute Gasteiger partial charge is 0.338 e. The fourth-order valence-electron chi connectivity index (χ4n) is 5.34. The Kier molecular flexibility index (Phi) is 7.30. The molecule has 0 saturated carbocycles. The minimum atomic E-state index is -0.241. The van der Waals surface area contributed by atoms with Crippen molar-refractivity contribution in [1.82, 2.24) is 9.88 Å². The van der Waals surface area contributed by atoms with Crippen molar-refractivity contribution in [2.45, 2.75) is 20.0 Å². The molecule has 4 nitrogen and oxygen atoms in total. The average Bonchev–Trinajstić information content (AvgIpc) is 3.36. The summed E-state index contributed by atoms with van der Waals surface area (Å²) in [5.41, 5.74) is 9.25. The van der Waals surface area contributed by atoms with Crippen molar-refractivity contribution in [2.24, 2.45) is 9.98 Å². The molecule has 5 heteroatoms. The van der Waals surface area contributed by atoms with Crippen LogP contribution in [0.25, 0.3) is 49.7 Å². The van der Waals surface area contributed by atoms with Gasteiger partial charge in [-0.1, -0.05) is 115 Å². The molecule has 40 heavy (non-hydrogen) atoms. The molecule has 1 N–H and O–H groups in total. The molecule has 0 radical (unpaired) electrons. The molecule has 6 aromatic rings. The summed E-state index contributed by atoms with van der Waals surface area (Å²) in [6.45, 7) is 4.00. The van der Waals surface area contributed by atoms with Gasteiger partial charge in [-0.3, -0.25) is 0 Å². The summed E-state index contributed by atoms with van der Waals surface area (Å²) in [4.78, 5) is 9.03. The van der Waals surface area contributed by atoms with Crippen molar-refractivity contribution >= 4 is 50.4 Å². The minimum Gasteiger partial charge on any atom is -0.338 e. The third-order valence-electron chi connectivity index (χ3n) is 7.09. The average molecular weight is 586 g/mol. The predicted octanol–water partition coefficient (Wildman–Crippen LogP) is 9.56. The molecule has 0 spiro atoms. The summed E-state index contributed by atoms with van der Waals surface area (Å²) in [5, 5.41) is 5.36. The zero-order valence-corrected chi connectivity index (χ0v) is 24.0. The van der Waals surface area contributed by atoms with E-state index in [1.165, 1.54) is 38.5 Å². The number of benzene rings is 5. The normalized spacial score (nSPS) is 12.8. The Morgan fingerprint density at radius 3 is 1.95 bits per heavy atom. The molecule has 0 fully saturated rings. The molecule has 0 unspecified atom stereocenters. The molecule has 0 saturated heterocycles. The van der Waals surface area contributed by atoms with Gasteiger partial charge in [-0.15, -0.1) is 0 Å². The zero-order valence-electron chi connectivity index (χ0n) is 22.4. The Labute approximate surface area is 242 Å². The van der Waals surface area contributed by atoms with Gasteiger partial charge in [0.15, 0.2) is 6.17 Å². The SMILES string of the molecule is Brc1ccccc1-c1ccccc1-c1ccc2c3ccc(C4N=CNC=N4)cc3n(-c3ccccc3)c2c1.CC. The molecule has 196 valence electrons. The Morgan fingerprint density at radius 2 is 1.23 bits per heavy atom. The molecule has 0 aliphatic carbocycles. The van der Waals surface area contributed by atoms with E-state index in [0.717, 1.165) is 21.2 Å². The maximum atomic E-state index is 4.52. The lowest BCUT2D eigenvalue weighted by Crippen LogP contribution is -2.14. The van der Waals surface area contributed by atoms with Crippen molar-refractivity contribution in [3.63, 3.8) is 0 Å². The van der Waals surface area contributed by atoms with Crippen molar-refractivity contribution in [3.8, 4) is 27.9 Å². The highest BCUT2D eigenvalue weighted by molar-refractivity contribution is 9.10. The molecular weight excluding hydrogens is 556 g/mol. The van der Waals surface area contributed by atoms with Crippen LogP contribution >= 0.6 is 15.9 Å². The number of aliphatic imine (C=N–C) groups is 2. The van der Waals surface area contributed by atoms with Gasteiger partial charge in [-0.05, 0) is 52.6 Å². The molecule has 0 amide bonds. The molecule has 0 bridgehead atoms. The number of halogens is 1. The van der Waals surface area contributed by atoms with Gasteiger partial charge in [0, 0.05) is 26.5 Å². The lowest BCUT2D eigenvalue weighted by atomic mass is 9.94. The van der Waals surface area contributed by atoms with Crippen LogP contribution in [0.2, 0.25) is 0 Å². The molecule has 5 aromatic carbocycles. The van der Waals surface area contributed by atoms with Crippen molar-refractivity contribution < 1.29 is 0 Å². The van der Waals surface area contributed by atoms with Gasteiger partial charge in [0.1, 0.15) is 0 Å². The van der Waals surface area contributed by atoms with Gasteiger partial charge in [0.05, 0.1) is 23.7 Å². The Hall–Kier alpha value is -4.48. The highest BCUT2D eigenvalue weighted by atomic mass is 79.9. The van der Waals surface area contributed by atoms with E-state index in [0.29, 0.717) is 0 Å². The van der Waals surface area contributed by atoms with Gasteiger partial charge in [-0.25, -0.2) is 9.98 Å². The maximum absolute atomic E-state index is 4.52. The highest BCUT2D eigenvalue weighted by Gasteiger charge is 2.18. The van der Waals surface area contributed by atoms with Crippen molar-refractivity contribution in [2.75, 3.05) is 0 Å². The second-order valence-corrected chi connectivity index (χ2v) is 10.2. The van der Waals surface area contributed by atoms with E-state index in [-0.39, 0.29) is 6.17 Å². The van der Waals surface area contributed by atoms with Crippen LogP contribution < -0.4 is 5.32 Å². The van der Waals surface area contributed by atoms with E-state index < -0.39 is 0 Å². The lowest BCUT2D eigenvalue weighted by Gasteiger charge is -2.13. The van der Waals surface area contributed by atoms with Crippen LogP contribution in [0.15, 0.2) is 130 Å². The van der Waals surface area contributed by atoms with Gasteiger partial charge in [-0.2, -0.15) is 0 Å². The van der Waals surface area contributed by atoms with Gasteiger partial charge in [0.25, 0.3) is 0 Å². The minimum absolute atomic E-state index is 0.241. The second-order valence-electron chi connectivity index (χ2n) is 9.30. The van der Waals surface area contributed by atoms with Crippen molar-refractivity contribution in [3.05, 3.63) is 125 Å². The summed E-state index contributed by atoms with van der Waals surface area (Å²) in [6.07, 6.45) is 3.15. The van der Waals surface area contributed by atoms with E-state index in [9.17, 15) is 0 Å². The topological polar surface area (TPSA) is 41.7 Å². The predicted molar refractivity (Wildman–Crippen MR) is 174 cm³/mol. The summed E-state index contributed by atoms with van der Waals surface area (Å²) < 4.78 is 3.44. The Balaban J connectivity index is 0.00000142. The first kappa shape index (κ1) is 25.8. The van der Waals surface area contributed by atoms with Crippen LogP contribution in [0.5, 0.6) is 0 Å². The first-order valence-electron chi connectivity index (χ1n) is 13.6. The standard InChI is InChI=1S/C33H23BrN4.C2H6/c34-30-13-7-6-12-27(30)26-11-5-4-10-25(26)22-14-16-28-29-17-15-23(33-36-20-35-21-37-33)19-32(29)38(31(28)18-22)24-8-2-1-3-9-24;1-2/h1-21,33H,(H,35,36,37);1-2H3. The monoisotopic (exact) mass is 584 g/mol. The van der Waals surface area contributed by atoms with Crippen molar-refractivity contribution in [1.29, 1.82) is 0 Å². The Morgan fingerprint density at radius 1 is 0.625 bits per heavy atom. The molecule has 1 aliphatic heterocycles. The molecular formula is C35H29BrN4. The van der Waals surface area contributed by atoms with E-state index in [4.69, 9.17) is 0 Å². The van der Waals surface area contributed by atoms with Gasteiger partial charge in [0.2, 0.25) is 0 Å². The first-order chi connectivity index (χ1) is 19.8. The van der Waals surface area contributed by atoms with E-state index >= 15 is 0 Å². The van der Waals surface area contributed by atoms with Crippen LogP contribution in [0, 0.1) is 0 Å². The van der Waals surface area contributed by atoms with Crippen LogP contribution in [0.3, 0.4) is 0 Å². The first-order valence-corrected chi connectivity index (χ1v) is 14.3. The molecule has 0 atom stereocenters. The number of nitrogens with zero attached hydrogens (tertiary/aromatic N) is 3. The Bertz CT molecular complexity index is 1860. The maximum Gasteiger partial charge on any atom is 0.168 e. The third kappa shape index (κ3) is 4.63. The van der Waals surface area contributed by atoms with Crippen LogP contribution in [-0.2, 0) is 0 Å². The summed E-state index contributed by atoms with van der Waals surface area (Å²) in [7, 11) is 0.